The van der Waals surface area contributed by atoms with E-state index in [-0.39, 0.29) is 5.91 Å². The van der Waals surface area contributed by atoms with Gasteiger partial charge in [0.2, 0.25) is 5.91 Å². The maximum absolute atomic E-state index is 13.2. The minimum Gasteiger partial charge on any atom is -0.497 e. The molecular formula is C23H23NO3S. The quantitative estimate of drug-likeness (QED) is 0.540. The van der Waals surface area contributed by atoms with E-state index < -0.39 is 5.25 Å². The van der Waals surface area contributed by atoms with Crippen molar-refractivity contribution >= 4 is 23.4 Å². The van der Waals surface area contributed by atoms with Crippen molar-refractivity contribution in [1.82, 2.24) is 0 Å². The number of anilines is 1. The van der Waals surface area contributed by atoms with E-state index in [1.165, 1.54) is 11.8 Å². The highest BCUT2D eigenvalue weighted by Gasteiger charge is 2.23. The molecular weight excluding hydrogens is 370 g/mol. The standard InChI is InChI=1S/C23H23NO3S/c1-16-9-14-21(27-3)20(15-16)24-23(25)22(17-7-5-4-6-8-17)28-19-12-10-18(26-2)11-13-19/h4-15,22H,1-3H3,(H,24,25). The second-order valence-corrected chi connectivity index (χ2v) is 7.46. The molecule has 1 amide bonds. The Morgan fingerprint density at radius 3 is 2.29 bits per heavy atom. The Morgan fingerprint density at radius 2 is 1.64 bits per heavy atom. The summed E-state index contributed by atoms with van der Waals surface area (Å²) in [6, 6.07) is 23.2. The zero-order chi connectivity index (χ0) is 19.9. The molecule has 4 nitrogen and oxygen atoms in total. The predicted molar refractivity (Wildman–Crippen MR) is 114 cm³/mol. The average molecular weight is 394 g/mol. The first-order valence-electron chi connectivity index (χ1n) is 8.92. The molecule has 5 heteroatoms. The van der Waals surface area contributed by atoms with Crippen molar-refractivity contribution in [2.75, 3.05) is 19.5 Å². The van der Waals surface area contributed by atoms with Crippen molar-refractivity contribution < 1.29 is 14.3 Å². The van der Waals surface area contributed by atoms with Crippen molar-refractivity contribution in [2.45, 2.75) is 17.1 Å². The van der Waals surface area contributed by atoms with Crippen molar-refractivity contribution in [3.05, 3.63) is 83.9 Å². The summed E-state index contributed by atoms with van der Waals surface area (Å²) in [5.74, 6) is 1.32. The van der Waals surface area contributed by atoms with Gasteiger partial charge in [0.05, 0.1) is 19.9 Å². The lowest BCUT2D eigenvalue weighted by Crippen LogP contribution is -2.19. The summed E-state index contributed by atoms with van der Waals surface area (Å²) in [6.07, 6.45) is 0. The normalized spacial score (nSPS) is 11.5. The van der Waals surface area contributed by atoms with Crippen LogP contribution in [-0.2, 0) is 4.79 Å². The van der Waals surface area contributed by atoms with Crippen LogP contribution in [0.5, 0.6) is 11.5 Å². The number of benzene rings is 3. The van der Waals surface area contributed by atoms with Crippen LogP contribution < -0.4 is 14.8 Å². The van der Waals surface area contributed by atoms with Gasteiger partial charge in [0, 0.05) is 4.90 Å². The topological polar surface area (TPSA) is 47.6 Å². The number of carbonyl (C=O) groups is 1. The van der Waals surface area contributed by atoms with Crippen LogP contribution in [0.25, 0.3) is 0 Å². The molecule has 0 saturated carbocycles. The smallest absolute Gasteiger partial charge is 0.242 e. The largest absolute Gasteiger partial charge is 0.497 e. The Labute approximate surface area is 169 Å². The Morgan fingerprint density at radius 1 is 0.929 bits per heavy atom. The van der Waals surface area contributed by atoms with Gasteiger partial charge in [-0.05, 0) is 54.4 Å². The molecule has 0 aliphatic heterocycles. The highest BCUT2D eigenvalue weighted by molar-refractivity contribution is 8.00. The van der Waals surface area contributed by atoms with E-state index in [0.29, 0.717) is 11.4 Å². The summed E-state index contributed by atoms with van der Waals surface area (Å²) in [6.45, 7) is 1.98. The molecule has 0 fully saturated rings. The lowest BCUT2D eigenvalue weighted by Gasteiger charge is -2.18. The van der Waals surface area contributed by atoms with E-state index in [4.69, 9.17) is 9.47 Å². The highest BCUT2D eigenvalue weighted by atomic mass is 32.2. The van der Waals surface area contributed by atoms with Gasteiger partial charge in [-0.1, -0.05) is 36.4 Å². The summed E-state index contributed by atoms with van der Waals surface area (Å²) in [5.41, 5.74) is 2.66. The van der Waals surface area contributed by atoms with E-state index in [1.54, 1.807) is 14.2 Å². The fourth-order valence-electron chi connectivity index (χ4n) is 2.81. The number of aryl methyl sites for hydroxylation is 1. The van der Waals surface area contributed by atoms with Gasteiger partial charge in [0.1, 0.15) is 16.7 Å². The van der Waals surface area contributed by atoms with Gasteiger partial charge in [-0.2, -0.15) is 0 Å². The molecule has 0 aromatic heterocycles. The monoisotopic (exact) mass is 393 g/mol. The molecule has 3 aromatic carbocycles. The number of thioether (sulfide) groups is 1. The first-order valence-corrected chi connectivity index (χ1v) is 9.80. The molecule has 0 bridgehead atoms. The molecule has 0 aliphatic rings. The van der Waals surface area contributed by atoms with Gasteiger partial charge < -0.3 is 14.8 Å². The van der Waals surface area contributed by atoms with Crippen molar-refractivity contribution in [2.24, 2.45) is 0 Å². The van der Waals surface area contributed by atoms with E-state index in [9.17, 15) is 4.79 Å². The van der Waals surface area contributed by atoms with Crippen molar-refractivity contribution in [3.8, 4) is 11.5 Å². The van der Waals surface area contributed by atoms with Crippen LogP contribution in [0.1, 0.15) is 16.4 Å². The second kappa shape index (κ2) is 9.33. The molecule has 144 valence electrons. The van der Waals surface area contributed by atoms with Gasteiger partial charge in [0.25, 0.3) is 0 Å². The zero-order valence-electron chi connectivity index (χ0n) is 16.1. The van der Waals surface area contributed by atoms with Crippen LogP contribution in [0.2, 0.25) is 0 Å². The fourth-order valence-corrected chi connectivity index (χ4v) is 3.83. The van der Waals surface area contributed by atoms with Crippen molar-refractivity contribution in [3.63, 3.8) is 0 Å². The Balaban J connectivity index is 1.88. The summed E-state index contributed by atoms with van der Waals surface area (Å²) in [4.78, 5) is 14.2. The van der Waals surface area contributed by atoms with Crippen LogP contribution in [0.15, 0.2) is 77.7 Å². The number of hydrogen-bond donors (Lipinski definition) is 1. The van der Waals surface area contributed by atoms with E-state index >= 15 is 0 Å². The van der Waals surface area contributed by atoms with Gasteiger partial charge in [-0.3, -0.25) is 4.79 Å². The Hall–Kier alpha value is -2.92. The third kappa shape index (κ3) is 4.87. The van der Waals surface area contributed by atoms with Gasteiger partial charge in [0.15, 0.2) is 0 Å². The summed E-state index contributed by atoms with van der Waals surface area (Å²) >= 11 is 1.50. The fraction of sp³-hybridized carbons (Fsp3) is 0.174. The van der Waals surface area contributed by atoms with Gasteiger partial charge in [-0.15, -0.1) is 11.8 Å². The number of amides is 1. The van der Waals surface area contributed by atoms with Crippen molar-refractivity contribution in [1.29, 1.82) is 0 Å². The molecule has 3 rings (SSSR count). The van der Waals surface area contributed by atoms with Crippen LogP contribution in [0.4, 0.5) is 5.69 Å². The van der Waals surface area contributed by atoms with E-state index in [1.807, 2.05) is 79.7 Å². The molecule has 1 atom stereocenters. The first-order chi connectivity index (χ1) is 13.6. The zero-order valence-corrected chi connectivity index (χ0v) is 17.0. The molecule has 0 heterocycles. The highest BCUT2D eigenvalue weighted by Crippen LogP contribution is 2.37. The number of ether oxygens (including phenoxy) is 2. The lowest BCUT2D eigenvalue weighted by atomic mass is 10.1. The second-order valence-electron chi connectivity index (χ2n) is 6.28. The average Bonchev–Trinajstić information content (AvgIpc) is 2.73. The van der Waals surface area contributed by atoms with Gasteiger partial charge in [-0.25, -0.2) is 0 Å². The number of methoxy groups -OCH3 is 2. The third-order valence-corrected chi connectivity index (χ3v) is 5.53. The maximum atomic E-state index is 13.2. The minimum atomic E-state index is -0.403. The lowest BCUT2D eigenvalue weighted by molar-refractivity contribution is -0.115. The van der Waals surface area contributed by atoms with Crippen LogP contribution in [0.3, 0.4) is 0 Å². The SMILES string of the molecule is COc1ccc(SC(C(=O)Nc2cc(C)ccc2OC)c2ccccc2)cc1. The molecule has 0 spiro atoms. The molecule has 1 unspecified atom stereocenters. The van der Waals surface area contributed by atoms with E-state index in [0.717, 1.165) is 21.8 Å². The first kappa shape index (κ1) is 19.8. The van der Waals surface area contributed by atoms with Crippen LogP contribution in [-0.4, -0.2) is 20.1 Å². The molecule has 0 aliphatic carbocycles. The summed E-state index contributed by atoms with van der Waals surface area (Å²) in [7, 11) is 3.23. The molecule has 0 saturated heterocycles. The Bertz CT molecular complexity index is 926. The Kier molecular flexibility index (Phi) is 6.61. The van der Waals surface area contributed by atoms with Crippen LogP contribution in [0, 0.1) is 6.92 Å². The molecule has 3 aromatic rings. The summed E-state index contributed by atoms with van der Waals surface area (Å²) in [5, 5.41) is 2.63. The number of nitrogens with one attached hydrogen (secondary N) is 1. The predicted octanol–water partition coefficient (Wildman–Crippen LogP) is 5.48. The number of carbonyl (C=O) groups excluding carboxylic acids is 1. The molecule has 1 N–H and O–H groups in total. The minimum absolute atomic E-state index is 0.101. The summed E-state index contributed by atoms with van der Waals surface area (Å²) < 4.78 is 10.6. The van der Waals surface area contributed by atoms with E-state index in [2.05, 4.69) is 5.32 Å². The van der Waals surface area contributed by atoms with Gasteiger partial charge >= 0.3 is 0 Å². The third-order valence-electron chi connectivity index (χ3n) is 4.27. The number of hydrogen-bond acceptors (Lipinski definition) is 4. The number of rotatable bonds is 7. The molecule has 0 radical (unpaired) electrons. The van der Waals surface area contributed by atoms with Crippen LogP contribution >= 0.6 is 11.8 Å². The maximum Gasteiger partial charge on any atom is 0.242 e. The molecule has 28 heavy (non-hydrogen) atoms.